The average molecular weight is 361 g/mol. The third kappa shape index (κ3) is 3.39. The molecule has 4 rings (SSSR count). The fourth-order valence-corrected chi connectivity index (χ4v) is 4.19. The van der Waals surface area contributed by atoms with Gasteiger partial charge in [-0.1, -0.05) is 23.0 Å². The van der Waals surface area contributed by atoms with Crippen LogP contribution in [0.4, 0.5) is 0 Å². The Labute approximate surface area is 148 Å². The Hall–Kier alpha value is -1.67. The molecule has 0 radical (unpaired) electrons. The minimum atomic E-state index is 0.640. The van der Waals surface area contributed by atoms with E-state index in [1.165, 1.54) is 12.8 Å². The third-order valence-corrected chi connectivity index (χ3v) is 5.90. The van der Waals surface area contributed by atoms with Gasteiger partial charge in [-0.05, 0) is 37.6 Å². The van der Waals surface area contributed by atoms with Crippen LogP contribution in [0.2, 0.25) is 0 Å². The molecule has 0 unspecified atom stereocenters. The van der Waals surface area contributed by atoms with Crippen LogP contribution in [-0.2, 0) is 13.0 Å². The number of thioether (sulfide) groups is 1. The predicted octanol–water partition coefficient (Wildman–Crippen LogP) is 4.01. The molecule has 0 amide bonds. The molecule has 3 aromatic heterocycles. The van der Waals surface area contributed by atoms with E-state index in [9.17, 15) is 0 Å². The van der Waals surface area contributed by atoms with E-state index in [0.29, 0.717) is 17.6 Å². The van der Waals surface area contributed by atoms with Gasteiger partial charge in [0.2, 0.25) is 11.7 Å². The smallest absolute Gasteiger partial charge is 0.227 e. The molecule has 0 saturated heterocycles. The van der Waals surface area contributed by atoms with Crippen molar-refractivity contribution in [2.45, 2.75) is 50.2 Å². The van der Waals surface area contributed by atoms with Crippen molar-refractivity contribution >= 4 is 23.1 Å². The molecule has 0 bridgehead atoms. The van der Waals surface area contributed by atoms with Crippen molar-refractivity contribution in [3.05, 3.63) is 29.2 Å². The second-order valence-electron chi connectivity index (χ2n) is 5.80. The molecule has 126 valence electrons. The fraction of sp³-hybridized carbons (Fsp3) is 0.500. The molecule has 3 heterocycles. The summed E-state index contributed by atoms with van der Waals surface area (Å²) in [6.45, 7) is 3.10. The summed E-state index contributed by atoms with van der Waals surface area (Å²) in [4.78, 5) is 5.50. The largest absolute Gasteiger partial charge is 0.339 e. The van der Waals surface area contributed by atoms with Crippen molar-refractivity contribution in [2.75, 3.05) is 5.75 Å². The molecular formula is C16H19N5OS2. The van der Waals surface area contributed by atoms with Gasteiger partial charge in [0.25, 0.3) is 0 Å². The van der Waals surface area contributed by atoms with E-state index in [4.69, 9.17) is 4.52 Å². The second-order valence-corrected chi connectivity index (χ2v) is 7.81. The highest BCUT2D eigenvalue weighted by molar-refractivity contribution is 7.99. The number of nitrogens with zero attached hydrogens (tertiary/aromatic N) is 5. The van der Waals surface area contributed by atoms with E-state index in [2.05, 4.69) is 31.8 Å². The lowest BCUT2D eigenvalue weighted by molar-refractivity contribution is 0.378. The van der Waals surface area contributed by atoms with Crippen LogP contribution < -0.4 is 0 Å². The molecule has 1 saturated carbocycles. The Kier molecular flexibility index (Phi) is 4.66. The summed E-state index contributed by atoms with van der Waals surface area (Å²) in [6, 6.07) is 4.00. The van der Waals surface area contributed by atoms with Gasteiger partial charge in [-0.2, -0.15) is 4.98 Å². The lowest BCUT2D eigenvalue weighted by Gasteiger charge is -2.05. The van der Waals surface area contributed by atoms with Crippen LogP contribution in [0, 0.1) is 0 Å². The summed E-state index contributed by atoms with van der Waals surface area (Å²) in [5.74, 6) is 4.17. The maximum Gasteiger partial charge on any atom is 0.227 e. The van der Waals surface area contributed by atoms with Gasteiger partial charge in [0.05, 0.1) is 4.88 Å². The van der Waals surface area contributed by atoms with Gasteiger partial charge in [0, 0.05) is 24.6 Å². The molecule has 0 aliphatic heterocycles. The first-order chi connectivity index (χ1) is 11.8. The fourth-order valence-electron chi connectivity index (χ4n) is 2.60. The SMILES string of the molecule is CCn1c(SCCCc2nc(-c3cccs3)no2)nnc1C1CC1. The molecule has 0 aromatic carbocycles. The Morgan fingerprint density at radius 1 is 1.38 bits per heavy atom. The lowest BCUT2D eigenvalue weighted by Crippen LogP contribution is -2.02. The predicted molar refractivity (Wildman–Crippen MR) is 94.3 cm³/mol. The van der Waals surface area contributed by atoms with Gasteiger partial charge < -0.3 is 9.09 Å². The summed E-state index contributed by atoms with van der Waals surface area (Å²) >= 11 is 3.38. The van der Waals surface area contributed by atoms with E-state index >= 15 is 0 Å². The molecule has 1 aliphatic rings. The summed E-state index contributed by atoms with van der Waals surface area (Å²) in [5.41, 5.74) is 0. The Bertz CT molecular complexity index is 791. The van der Waals surface area contributed by atoms with Crippen molar-refractivity contribution in [3.63, 3.8) is 0 Å². The first-order valence-electron chi connectivity index (χ1n) is 8.27. The van der Waals surface area contributed by atoms with Gasteiger partial charge in [0.15, 0.2) is 5.16 Å². The van der Waals surface area contributed by atoms with Crippen molar-refractivity contribution < 1.29 is 4.52 Å². The number of aryl methyl sites for hydroxylation is 1. The zero-order chi connectivity index (χ0) is 16.4. The van der Waals surface area contributed by atoms with E-state index < -0.39 is 0 Å². The van der Waals surface area contributed by atoms with Crippen molar-refractivity contribution in [3.8, 4) is 10.7 Å². The standard InChI is InChI=1S/C16H19N5OS2/c1-2-21-15(11-7-8-11)18-19-16(21)24-10-4-6-13-17-14(20-22-13)12-5-3-9-23-12/h3,5,9,11H,2,4,6-8,10H2,1H3. The minimum Gasteiger partial charge on any atom is -0.339 e. The van der Waals surface area contributed by atoms with E-state index in [1.807, 2.05) is 17.5 Å². The number of rotatable bonds is 8. The monoisotopic (exact) mass is 361 g/mol. The number of thiophene rings is 1. The third-order valence-electron chi connectivity index (χ3n) is 3.98. The maximum atomic E-state index is 5.33. The summed E-state index contributed by atoms with van der Waals surface area (Å²) in [6.07, 6.45) is 4.28. The molecule has 0 N–H and O–H groups in total. The highest BCUT2D eigenvalue weighted by Crippen LogP contribution is 2.40. The normalized spacial score (nSPS) is 14.4. The first kappa shape index (κ1) is 15.8. The Morgan fingerprint density at radius 3 is 3.04 bits per heavy atom. The molecule has 0 atom stereocenters. The highest BCUT2D eigenvalue weighted by atomic mass is 32.2. The quantitative estimate of drug-likeness (QED) is 0.446. The number of hydrogen-bond donors (Lipinski definition) is 0. The first-order valence-corrected chi connectivity index (χ1v) is 10.1. The zero-order valence-corrected chi connectivity index (χ0v) is 15.1. The van der Waals surface area contributed by atoms with Crippen LogP contribution in [0.3, 0.4) is 0 Å². The molecule has 1 fully saturated rings. The summed E-state index contributed by atoms with van der Waals surface area (Å²) in [5, 5.41) is 15.8. The molecule has 1 aliphatic carbocycles. The topological polar surface area (TPSA) is 69.6 Å². The molecule has 8 heteroatoms. The maximum absolute atomic E-state index is 5.33. The van der Waals surface area contributed by atoms with Gasteiger partial charge in [-0.25, -0.2) is 0 Å². The van der Waals surface area contributed by atoms with E-state index in [1.54, 1.807) is 23.1 Å². The van der Waals surface area contributed by atoms with Crippen LogP contribution in [0.15, 0.2) is 27.2 Å². The van der Waals surface area contributed by atoms with Crippen molar-refractivity contribution in [1.29, 1.82) is 0 Å². The van der Waals surface area contributed by atoms with Gasteiger partial charge in [0.1, 0.15) is 5.82 Å². The van der Waals surface area contributed by atoms with Gasteiger partial charge in [-0.3, -0.25) is 0 Å². The zero-order valence-electron chi connectivity index (χ0n) is 13.5. The van der Waals surface area contributed by atoms with Crippen molar-refractivity contribution in [2.24, 2.45) is 0 Å². The highest BCUT2D eigenvalue weighted by Gasteiger charge is 2.29. The van der Waals surface area contributed by atoms with Crippen LogP contribution in [0.5, 0.6) is 0 Å². The lowest BCUT2D eigenvalue weighted by atomic mass is 10.3. The Morgan fingerprint density at radius 2 is 2.29 bits per heavy atom. The number of aromatic nitrogens is 5. The van der Waals surface area contributed by atoms with Crippen LogP contribution in [0.1, 0.15) is 43.8 Å². The van der Waals surface area contributed by atoms with E-state index in [0.717, 1.165) is 41.0 Å². The Balaban J connectivity index is 1.29. The number of hydrogen-bond acceptors (Lipinski definition) is 7. The molecule has 3 aromatic rings. The molecule has 0 spiro atoms. The second kappa shape index (κ2) is 7.06. The van der Waals surface area contributed by atoms with Gasteiger partial charge in [-0.15, -0.1) is 21.5 Å². The van der Waals surface area contributed by atoms with E-state index in [-0.39, 0.29) is 0 Å². The van der Waals surface area contributed by atoms with Gasteiger partial charge >= 0.3 is 0 Å². The minimum absolute atomic E-state index is 0.640. The molecular weight excluding hydrogens is 342 g/mol. The van der Waals surface area contributed by atoms with Crippen LogP contribution >= 0.6 is 23.1 Å². The average Bonchev–Trinajstić information content (AvgIpc) is 3.04. The molecule has 24 heavy (non-hydrogen) atoms. The summed E-state index contributed by atoms with van der Waals surface area (Å²) in [7, 11) is 0. The van der Waals surface area contributed by atoms with Crippen LogP contribution in [-0.4, -0.2) is 30.7 Å². The van der Waals surface area contributed by atoms with Crippen molar-refractivity contribution in [1.82, 2.24) is 24.9 Å². The summed E-state index contributed by atoms with van der Waals surface area (Å²) < 4.78 is 7.59. The molecule has 6 nitrogen and oxygen atoms in total. The van der Waals surface area contributed by atoms with Crippen LogP contribution in [0.25, 0.3) is 10.7 Å².